The Hall–Kier alpha value is -1.54. The third kappa shape index (κ3) is 3.27. The number of rotatable bonds is 4. The van der Waals surface area contributed by atoms with Gasteiger partial charge in [0.15, 0.2) is 0 Å². The third-order valence-electron chi connectivity index (χ3n) is 3.93. The van der Waals surface area contributed by atoms with Crippen LogP contribution in [0.5, 0.6) is 0 Å². The Bertz CT molecular complexity index is 480. The summed E-state index contributed by atoms with van der Waals surface area (Å²) >= 11 is 0. The highest BCUT2D eigenvalue weighted by Gasteiger charge is 2.09. The Balaban J connectivity index is 1.57. The smallest absolute Gasteiger partial charge is 0.133 e. The average molecular weight is 255 g/mol. The maximum Gasteiger partial charge on any atom is 0.133 e. The van der Waals surface area contributed by atoms with Crippen LogP contribution >= 0.6 is 0 Å². The lowest BCUT2D eigenvalue weighted by Gasteiger charge is -2.26. The van der Waals surface area contributed by atoms with Crippen LogP contribution < -0.4 is 0 Å². The summed E-state index contributed by atoms with van der Waals surface area (Å²) in [5.74, 6) is 0.947. The van der Waals surface area contributed by atoms with Crippen molar-refractivity contribution in [3.05, 3.63) is 48.2 Å². The Labute approximate surface area is 115 Å². The molecule has 1 aromatic carbocycles. The highest BCUT2D eigenvalue weighted by molar-refractivity contribution is 5.57. The summed E-state index contributed by atoms with van der Waals surface area (Å²) < 4.78 is 5.41. The van der Waals surface area contributed by atoms with Crippen molar-refractivity contribution in [2.24, 2.45) is 0 Å². The second-order valence-corrected chi connectivity index (χ2v) is 5.33. The van der Waals surface area contributed by atoms with E-state index in [1.165, 1.54) is 44.5 Å². The zero-order chi connectivity index (χ0) is 12.9. The predicted molar refractivity (Wildman–Crippen MR) is 78.1 cm³/mol. The van der Waals surface area contributed by atoms with Crippen LogP contribution in [0.25, 0.3) is 11.3 Å². The van der Waals surface area contributed by atoms with Crippen LogP contribution in [0.4, 0.5) is 0 Å². The molecule has 100 valence electrons. The molecule has 1 aliphatic heterocycles. The van der Waals surface area contributed by atoms with Crippen molar-refractivity contribution >= 4 is 0 Å². The van der Waals surface area contributed by atoms with E-state index >= 15 is 0 Å². The molecule has 0 saturated carbocycles. The van der Waals surface area contributed by atoms with Gasteiger partial charge in [-0.25, -0.2) is 0 Å². The van der Waals surface area contributed by atoms with Crippen LogP contribution in [0.3, 0.4) is 0 Å². The van der Waals surface area contributed by atoms with Crippen LogP contribution in [0.15, 0.2) is 47.1 Å². The normalized spacial score (nSPS) is 16.6. The number of hydrogen-bond acceptors (Lipinski definition) is 2. The summed E-state index contributed by atoms with van der Waals surface area (Å²) in [5.41, 5.74) is 2.58. The lowest BCUT2D eigenvalue weighted by atomic mass is 10.1. The van der Waals surface area contributed by atoms with Crippen molar-refractivity contribution in [3.8, 4) is 11.3 Å². The van der Waals surface area contributed by atoms with Crippen molar-refractivity contribution in [2.45, 2.75) is 25.7 Å². The fraction of sp³-hybridized carbons (Fsp3) is 0.412. The highest BCUT2D eigenvalue weighted by Crippen LogP contribution is 2.20. The van der Waals surface area contributed by atoms with Crippen molar-refractivity contribution < 1.29 is 4.42 Å². The highest BCUT2D eigenvalue weighted by atomic mass is 16.3. The van der Waals surface area contributed by atoms with E-state index in [-0.39, 0.29) is 0 Å². The summed E-state index contributed by atoms with van der Waals surface area (Å²) in [5, 5.41) is 0. The summed E-state index contributed by atoms with van der Waals surface area (Å²) in [6.07, 6.45) is 7.03. The molecule has 0 radical (unpaired) electrons. The maximum absolute atomic E-state index is 5.41. The Morgan fingerprint density at radius 2 is 1.74 bits per heavy atom. The minimum atomic E-state index is 0.947. The molecule has 2 aromatic rings. The van der Waals surface area contributed by atoms with Crippen LogP contribution in [0.2, 0.25) is 0 Å². The monoisotopic (exact) mass is 255 g/mol. The van der Waals surface area contributed by atoms with Gasteiger partial charge in [-0.15, -0.1) is 0 Å². The summed E-state index contributed by atoms with van der Waals surface area (Å²) in [7, 11) is 0. The molecule has 2 heteroatoms. The summed E-state index contributed by atoms with van der Waals surface area (Å²) in [6.45, 7) is 3.76. The Kier molecular flexibility index (Phi) is 3.99. The lowest BCUT2D eigenvalue weighted by molar-refractivity contribution is 0.231. The van der Waals surface area contributed by atoms with E-state index in [0.717, 1.165) is 17.7 Å². The van der Waals surface area contributed by atoms with Gasteiger partial charge in [-0.1, -0.05) is 30.7 Å². The van der Waals surface area contributed by atoms with Gasteiger partial charge in [-0.2, -0.15) is 0 Å². The molecule has 1 aliphatic rings. The number of benzene rings is 1. The second-order valence-electron chi connectivity index (χ2n) is 5.33. The first kappa shape index (κ1) is 12.5. The molecule has 1 fully saturated rings. The molecule has 0 spiro atoms. The van der Waals surface area contributed by atoms with Gasteiger partial charge in [-0.05, 0) is 50.0 Å². The molecule has 2 heterocycles. The number of piperidine rings is 1. The molecule has 1 aromatic heterocycles. The van der Waals surface area contributed by atoms with Crippen molar-refractivity contribution in [1.82, 2.24) is 4.90 Å². The van der Waals surface area contributed by atoms with E-state index in [1.54, 1.807) is 6.26 Å². The van der Waals surface area contributed by atoms with E-state index < -0.39 is 0 Å². The van der Waals surface area contributed by atoms with Crippen LogP contribution in [0.1, 0.15) is 24.8 Å². The summed E-state index contributed by atoms with van der Waals surface area (Å²) in [6, 6.07) is 12.7. The first-order valence-electron chi connectivity index (χ1n) is 7.27. The van der Waals surface area contributed by atoms with Gasteiger partial charge in [0.2, 0.25) is 0 Å². The quantitative estimate of drug-likeness (QED) is 0.821. The zero-order valence-electron chi connectivity index (χ0n) is 11.3. The molecular weight excluding hydrogens is 234 g/mol. The summed E-state index contributed by atoms with van der Waals surface area (Å²) in [4.78, 5) is 2.59. The molecule has 2 nitrogen and oxygen atoms in total. The van der Waals surface area contributed by atoms with Gasteiger partial charge in [-0.3, -0.25) is 0 Å². The molecule has 0 amide bonds. The topological polar surface area (TPSA) is 16.4 Å². The van der Waals surface area contributed by atoms with E-state index in [9.17, 15) is 0 Å². The Morgan fingerprint density at radius 1 is 0.947 bits per heavy atom. The molecule has 0 aliphatic carbocycles. The van der Waals surface area contributed by atoms with E-state index in [2.05, 4.69) is 29.2 Å². The van der Waals surface area contributed by atoms with Crippen molar-refractivity contribution in [2.75, 3.05) is 19.6 Å². The maximum atomic E-state index is 5.41. The molecule has 1 saturated heterocycles. The van der Waals surface area contributed by atoms with Crippen LogP contribution in [-0.4, -0.2) is 24.5 Å². The molecule has 0 atom stereocenters. The molecule has 0 N–H and O–H groups in total. The van der Waals surface area contributed by atoms with Gasteiger partial charge >= 0.3 is 0 Å². The molecule has 0 unspecified atom stereocenters. The number of nitrogens with zero attached hydrogens (tertiary/aromatic N) is 1. The third-order valence-corrected chi connectivity index (χ3v) is 3.93. The number of furan rings is 1. The molecule has 0 bridgehead atoms. The second kappa shape index (κ2) is 6.07. The first-order chi connectivity index (χ1) is 9.42. The van der Waals surface area contributed by atoms with Crippen LogP contribution in [0, 0.1) is 0 Å². The van der Waals surface area contributed by atoms with Crippen molar-refractivity contribution in [1.29, 1.82) is 0 Å². The van der Waals surface area contributed by atoms with E-state index in [4.69, 9.17) is 4.42 Å². The zero-order valence-corrected chi connectivity index (χ0v) is 11.3. The van der Waals surface area contributed by atoms with E-state index in [1.807, 2.05) is 12.1 Å². The Morgan fingerprint density at radius 3 is 2.42 bits per heavy atom. The minimum Gasteiger partial charge on any atom is -0.464 e. The molecule has 19 heavy (non-hydrogen) atoms. The minimum absolute atomic E-state index is 0.947. The average Bonchev–Trinajstić information content (AvgIpc) is 3.01. The van der Waals surface area contributed by atoms with E-state index in [0.29, 0.717) is 0 Å². The van der Waals surface area contributed by atoms with Crippen molar-refractivity contribution in [3.63, 3.8) is 0 Å². The molecule has 3 rings (SSSR count). The SMILES string of the molecule is c1coc(-c2ccc(CCN3CCCCC3)cc2)c1. The van der Waals surface area contributed by atoms with Gasteiger partial charge in [0.25, 0.3) is 0 Å². The standard InChI is InChI=1S/C17H21NO/c1-2-11-18(12-3-1)13-10-15-6-8-16(9-7-15)17-5-4-14-19-17/h4-9,14H,1-3,10-13H2. The lowest BCUT2D eigenvalue weighted by Crippen LogP contribution is -2.31. The predicted octanol–water partition coefficient (Wildman–Crippen LogP) is 3.98. The van der Waals surface area contributed by atoms with Crippen LogP contribution in [-0.2, 0) is 6.42 Å². The largest absolute Gasteiger partial charge is 0.464 e. The fourth-order valence-electron chi connectivity index (χ4n) is 2.75. The van der Waals surface area contributed by atoms with Gasteiger partial charge in [0.05, 0.1) is 6.26 Å². The van der Waals surface area contributed by atoms with Gasteiger partial charge in [0.1, 0.15) is 5.76 Å². The number of hydrogen-bond donors (Lipinski definition) is 0. The number of likely N-dealkylation sites (tertiary alicyclic amines) is 1. The first-order valence-corrected chi connectivity index (χ1v) is 7.27. The fourth-order valence-corrected chi connectivity index (χ4v) is 2.75. The van der Waals surface area contributed by atoms with Gasteiger partial charge < -0.3 is 9.32 Å². The van der Waals surface area contributed by atoms with Gasteiger partial charge in [0, 0.05) is 12.1 Å². The molecular formula is C17H21NO.